The van der Waals surface area contributed by atoms with Crippen molar-refractivity contribution in [2.75, 3.05) is 13.1 Å². The quantitative estimate of drug-likeness (QED) is 0.271. The highest BCUT2D eigenvalue weighted by molar-refractivity contribution is 7.13. The molecule has 39 heavy (non-hydrogen) atoms. The summed E-state index contributed by atoms with van der Waals surface area (Å²) in [6, 6.07) is 18.2. The molecule has 0 unspecified atom stereocenters. The molecule has 0 spiro atoms. The lowest BCUT2D eigenvalue weighted by atomic mass is 10.1. The van der Waals surface area contributed by atoms with Crippen LogP contribution >= 0.6 is 34.5 Å². The summed E-state index contributed by atoms with van der Waals surface area (Å²) in [7, 11) is 0. The van der Waals surface area contributed by atoms with Crippen LogP contribution in [0.3, 0.4) is 0 Å². The van der Waals surface area contributed by atoms with E-state index in [1.807, 2.05) is 67.9 Å². The van der Waals surface area contributed by atoms with E-state index in [1.165, 1.54) is 12.1 Å². The van der Waals surface area contributed by atoms with Gasteiger partial charge in [0.05, 0.1) is 33.4 Å². The number of hydrogen-bond acceptors (Lipinski definition) is 5. The molecular formula is C29H26Cl2N4O3S. The number of nitrogens with zero attached hydrogens (tertiary/aromatic N) is 3. The predicted molar refractivity (Wildman–Crippen MR) is 155 cm³/mol. The monoisotopic (exact) mass is 580 g/mol. The van der Waals surface area contributed by atoms with Crippen molar-refractivity contribution in [2.24, 2.45) is 0 Å². The van der Waals surface area contributed by atoms with Gasteiger partial charge in [0.1, 0.15) is 11.4 Å². The largest absolute Gasteiger partial charge is 0.372 e. The average molecular weight is 582 g/mol. The Hall–Kier alpha value is -3.43. The fourth-order valence-corrected chi connectivity index (χ4v) is 5.72. The summed E-state index contributed by atoms with van der Waals surface area (Å²) in [4.78, 5) is 29.9. The van der Waals surface area contributed by atoms with Crippen LogP contribution in [0, 0.1) is 0 Å². The zero-order chi connectivity index (χ0) is 27.5. The minimum atomic E-state index is -0.515. The Balaban J connectivity index is 1.58. The van der Waals surface area contributed by atoms with Gasteiger partial charge in [-0.05, 0) is 61.7 Å². The molecule has 10 heteroatoms. The van der Waals surface area contributed by atoms with Crippen LogP contribution < -0.4 is 5.32 Å². The minimum Gasteiger partial charge on any atom is -0.372 e. The van der Waals surface area contributed by atoms with E-state index >= 15 is 0 Å². The summed E-state index contributed by atoms with van der Waals surface area (Å²) in [5.41, 5.74) is 2.57. The van der Waals surface area contributed by atoms with Crippen LogP contribution in [0.2, 0.25) is 10.0 Å². The highest BCUT2D eigenvalue weighted by Gasteiger charge is 2.29. The zero-order valence-corrected chi connectivity index (χ0v) is 23.6. The maximum atomic E-state index is 13.9. The van der Waals surface area contributed by atoms with Crippen molar-refractivity contribution in [3.63, 3.8) is 0 Å². The van der Waals surface area contributed by atoms with Gasteiger partial charge in [0, 0.05) is 29.9 Å². The van der Waals surface area contributed by atoms with Crippen LogP contribution in [-0.2, 0) is 9.53 Å². The molecule has 1 aliphatic heterocycles. The van der Waals surface area contributed by atoms with Gasteiger partial charge >= 0.3 is 0 Å². The average Bonchev–Trinajstić information content (AvgIpc) is 3.58. The van der Waals surface area contributed by atoms with Gasteiger partial charge in [-0.25, -0.2) is 4.68 Å². The Labute approximate surface area is 240 Å². The molecule has 2 aromatic carbocycles. The SMILES string of the molecule is C[C@@H]1CN(C(=O)/C(=C/c2cn(-c3ccccc3)nc2-c2cccs2)NC(=O)c2ccc(Cl)cc2Cl)C[C@H](C)O1. The van der Waals surface area contributed by atoms with Gasteiger partial charge in [0.2, 0.25) is 0 Å². The first kappa shape index (κ1) is 27.1. The van der Waals surface area contributed by atoms with Crippen molar-refractivity contribution in [1.82, 2.24) is 20.0 Å². The first-order chi connectivity index (χ1) is 18.8. The lowest BCUT2D eigenvalue weighted by Crippen LogP contribution is -2.50. The molecular weight excluding hydrogens is 555 g/mol. The number of ether oxygens (including phenoxy) is 1. The van der Waals surface area contributed by atoms with E-state index in [4.69, 9.17) is 33.0 Å². The van der Waals surface area contributed by atoms with E-state index in [1.54, 1.807) is 33.1 Å². The zero-order valence-electron chi connectivity index (χ0n) is 21.3. The lowest BCUT2D eigenvalue weighted by Gasteiger charge is -2.35. The van der Waals surface area contributed by atoms with Gasteiger partial charge in [0.25, 0.3) is 11.8 Å². The molecule has 3 heterocycles. The number of carbonyl (C=O) groups excluding carboxylic acids is 2. The Bertz CT molecular complexity index is 1510. The topological polar surface area (TPSA) is 76.5 Å². The minimum absolute atomic E-state index is 0.109. The van der Waals surface area contributed by atoms with Crippen molar-refractivity contribution in [3.05, 3.63) is 99.1 Å². The van der Waals surface area contributed by atoms with Gasteiger partial charge < -0.3 is 15.0 Å². The number of aromatic nitrogens is 2. The standard InChI is InChI=1S/C29H26Cl2N4O3S/c1-18-15-34(16-19(2)38-18)29(37)25(32-28(36)23-11-10-21(30)14-24(23)31)13-20-17-35(22-7-4-3-5-8-22)33-27(20)26-9-6-12-39-26/h3-14,17-19H,15-16H2,1-2H3,(H,32,36)/b25-13-/t18-,19+. The van der Waals surface area contributed by atoms with Crippen LogP contribution in [0.1, 0.15) is 29.8 Å². The third-order valence-corrected chi connectivity index (χ3v) is 7.60. The normalized spacial score (nSPS) is 17.7. The molecule has 2 aromatic heterocycles. The number of benzene rings is 2. The molecule has 0 saturated carbocycles. The first-order valence-electron chi connectivity index (χ1n) is 12.4. The van der Waals surface area contributed by atoms with E-state index in [9.17, 15) is 9.59 Å². The second kappa shape index (κ2) is 11.8. The number of carbonyl (C=O) groups is 2. The van der Waals surface area contributed by atoms with Crippen LogP contribution in [0.25, 0.3) is 22.3 Å². The number of hydrogen-bond donors (Lipinski definition) is 1. The first-order valence-corrected chi connectivity index (χ1v) is 14.0. The summed E-state index contributed by atoms with van der Waals surface area (Å²) >= 11 is 13.9. The van der Waals surface area contributed by atoms with Crippen LogP contribution in [0.5, 0.6) is 0 Å². The predicted octanol–water partition coefficient (Wildman–Crippen LogP) is 6.31. The lowest BCUT2D eigenvalue weighted by molar-refractivity contribution is -0.139. The summed E-state index contributed by atoms with van der Waals surface area (Å²) in [5, 5.41) is 10.2. The number of amides is 2. The molecule has 5 rings (SSSR count). The Morgan fingerprint density at radius 1 is 1.05 bits per heavy atom. The molecule has 4 aromatic rings. The van der Waals surface area contributed by atoms with Gasteiger partial charge in [-0.2, -0.15) is 5.10 Å². The Kier molecular flexibility index (Phi) is 8.18. The van der Waals surface area contributed by atoms with E-state index in [-0.39, 0.29) is 34.4 Å². The highest BCUT2D eigenvalue weighted by Crippen LogP contribution is 2.30. The summed E-state index contributed by atoms with van der Waals surface area (Å²) in [6.07, 6.45) is 3.26. The number of nitrogens with one attached hydrogen (secondary N) is 1. The van der Waals surface area contributed by atoms with Gasteiger partial charge in [-0.1, -0.05) is 47.5 Å². The third-order valence-electron chi connectivity index (χ3n) is 6.18. The summed E-state index contributed by atoms with van der Waals surface area (Å²) in [6.45, 7) is 4.65. The van der Waals surface area contributed by atoms with E-state index < -0.39 is 5.91 Å². The van der Waals surface area contributed by atoms with Crippen LogP contribution in [0.15, 0.2) is 77.9 Å². The molecule has 0 radical (unpaired) electrons. The molecule has 1 fully saturated rings. The van der Waals surface area contributed by atoms with Crippen LogP contribution in [-0.4, -0.2) is 51.8 Å². The number of morpholine rings is 1. The van der Waals surface area contributed by atoms with E-state index in [0.29, 0.717) is 29.4 Å². The van der Waals surface area contributed by atoms with E-state index in [2.05, 4.69) is 5.32 Å². The Morgan fingerprint density at radius 2 is 1.79 bits per heavy atom. The molecule has 200 valence electrons. The fourth-order valence-electron chi connectivity index (χ4n) is 4.49. The van der Waals surface area contributed by atoms with Gasteiger partial charge in [-0.3, -0.25) is 9.59 Å². The molecule has 0 aliphatic carbocycles. The van der Waals surface area contributed by atoms with Gasteiger partial charge in [-0.15, -0.1) is 11.3 Å². The van der Waals surface area contributed by atoms with Gasteiger partial charge in [0.15, 0.2) is 0 Å². The van der Waals surface area contributed by atoms with Crippen molar-refractivity contribution in [3.8, 4) is 16.3 Å². The van der Waals surface area contributed by atoms with Crippen LogP contribution in [0.4, 0.5) is 0 Å². The number of rotatable bonds is 6. The highest BCUT2D eigenvalue weighted by atomic mass is 35.5. The summed E-state index contributed by atoms with van der Waals surface area (Å²) in [5.74, 6) is -0.834. The molecule has 0 bridgehead atoms. The summed E-state index contributed by atoms with van der Waals surface area (Å²) < 4.78 is 7.58. The molecule has 1 N–H and O–H groups in total. The van der Waals surface area contributed by atoms with Crippen molar-refractivity contribution in [1.29, 1.82) is 0 Å². The molecule has 2 atom stereocenters. The molecule has 2 amide bonds. The van der Waals surface area contributed by atoms with Crippen molar-refractivity contribution < 1.29 is 14.3 Å². The maximum absolute atomic E-state index is 13.9. The number of thiophene rings is 1. The van der Waals surface area contributed by atoms with Crippen molar-refractivity contribution >= 4 is 52.4 Å². The number of halogens is 2. The third kappa shape index (κ3) is 6.25. The van der Waals surface area contributed by atoms with Crippen molar-refractivity contribution in [2.45, 2.75) is 26.1 Å². The van der Waals surface area contributed by atoms with E-state index in [0.717, 1.165) is 10.6 Å². The smallest absolute Gasteiger partial charge is 0.270 e. The second-order valence-corrected chi connectivity index (χ2v) is 11.1. The number of para-hydroxylation sites is 1. The molecule has 7 nitrogen and oxygen atoms in total. The maximum Gasteiger partial charge on any atom is 0.270 e. The fraction of sp³-hybridized carbons (Fsp3) is 0.207. The molecule has 1 saturated heterocycles. The second-order valence-electron chi connectivity index (χ2n) is 9.29. The Morgan fingerprint density at radius 3 is 2.46 bits per heavy atom. The molecule has 1 aliphatic rings.